The van der Waals surface area contributed by atoms with Crippen LogP contribution in [0, 0.1) is 11.3 Å². The Kier molecular flexibility index (Phi) is 6.85. The molecular formula is C29H26N6OS2. The van der Waals surface area contributed by atoms with E-state index in [2.05, 4.69) is 33.5 Å². The lowest BCUT2D eigenvalue weighted by Gasteiger charge is -2.20. The lowest BCUT2D eigenvalue weighted by Crippen LogP contribution is -2.29. The summed E-state index contributed by atoms with van der Waals surface area (Å²) < 4.78 is 0. The van der Waals surface area contributed by atoms with Crippen molar-refractivity contribution in [2.75, 3.05) is 30.5 Å². The molecule has 1 N–H and O–H groups in total. The molecule has 0 radical (unpaired) electrons. The number of amidine groups is 1. The number of carbonyl (C=O) groups excluding carboxylic acids is 1. The first-order valence-electron chi connectivity index (χ1n) is 12.5. The first-order valence-corrected chi connectivity index (χ1v) is 14.2. The molecule has 3 aliphatic heterocycles. The van der Waals surface area contributed by atoms with Gasteiger partial charge in [-0.05, 0) is 60.5 Å². The Labute approximate surface area is 230 Å². The number of aliphatic imine (C=N–C) groups is 1. The van der Waals surface area contributed by atoms with E-state index in [1.807, 2.05) is 55.6 Å². The molecule has 3 heterocycles. The van der Waals surface area contributed by atoms with Crippen molar-refractivity contribution >= 4 is 51.7 Å². The molecule has 0 aromatic heterocycles. The number of hydrogen-bond acceptors (Lipinski definition) is 8. The van der Waals surface area contributed by atoms with Crippen molar-refractivity contribution in [2.45, 2.75) is 24.3 Å². The zero-order valence-corrected chi connectivity index (χ0v) is 22.6. The van der Waals surface area contributed by atoms with E-state index in [0.29, 0.717) is 27.9 Å². The number of anilines is 2. The molecule has 0 spiro atoms. The molecule has 190 valence electrons. The van der Waals surface area contributed by atoms with Gasteiger partial charge < -0.3 is 10.3 Å². The largest absolute Gasteiger partial charge is 0.337 e. The highest BCUT2D eigenvalue weighted by Gasteiger charge is 2.39. The minimum absolute atomic E-state index is 0.0646. The maximum atomic E-state index is 13.9. The maximum absolute atomic E-state index is 13.9. The van der Waals surface area contributed by atoms with Crippen LogP contribution in [0.15, 0.2) is 92.6 Å². The topological polar surface area (TPSA) is 75.0 Å². The molecular weight excluding hydrogens is 512 g/mol. The Morgan fingerprint density at radius 1 is 1.00 bits per heavy atom. The van der Waals surface area contributed by atoms with Crippen LogP contribution < -0.4 is 10.3 Å². The lowest BCUT2D eigenvalue weighted by atomic mass is 10.2. The molecule has 0 unspecified atom stereocenters. The van der Waals surface area contributed by atoms with E-state index in [0.717, 1.165) is 52.8 Å². The summed E-state index contributed by atoms with van der Waals surface area (Å²) in [6.45, 7) is 2.34. The fourth-order valence-electron chi connectivity index (χ4n) is 4.72. The third-order valence-electron chi connectivity index (χ3n) is 6.71. The van der Waals surface area contributed by atoms with E-state index < -0.39 is 0 Å². The lowest BCUT2D eigenvalue weighted by molar-refractivity contribution is -0.122. The monoisotopic (exact) mass is 538 g/mol. The molecule has 6 rings (SSSR count). The van der Waals surface area contributed by atoms with Crippen LogP contribution in [-0.4, -0.2) is 41.1 Å². The number of hydrazine groups is 1. The van der Waals surface area contributed by atoms with Crippen molar-refractivity contribution in [2.24, 2.45) is 4.99 Å². The molecule has 9 heteroatoms. The van der Waals surface area contributed by atoms with Gasteiger partial charge in [-0.1, -0.05) is 54.2 Å². The van der Waals surface area contributed by atoms with Crippen molar-refractivity contribution in [3.05, 3.63) is 93.9 Å². The Bertz CT molecular complexity index is 1490. The standard InChI is InChI=1S/C29H26N6OS2/c1-33-24-11-5-6-12-25(24)37-28(33)26-27(36)35(19-20-9-3-2-4-10-20)29(38-26)31-23-17-21(18-30)13-14-22(23)32-34-15-7-8-16-34/h2-6,9-14,17,32H,7-8,15-16,19H2,1H3. The van der Waals surface area contributed by atoms with Gasteiger partial charge in [0.1, 0.15) is 4.91 Å². The van der Waals surface area contributed by atoms with Gasteiger partial charge in [-0.15, -0.1) is 0 Å². The van der Waals surface area contributed by atoms with Crippen LogP contribution in [-0.2, 0) is 11.3 Å². The average molecular weight is 539 g/mol. The molecule has 3 aromatic rings. The average Bonchev–Trinajstić information content (AvgIpc) is 3.65. The SMILES string of the molecule is CN1C(=C2SC(=Nc3cc(C#N)ccc3NN3CCCC3)N(Cc3ccccc3)C2=O)Sc2ccccc21. The van der Waals surface area contributed by atoms with Crippen LogP contribution in [0.5, 0.6) is 0 Å². The second kappa shape index (κ2) is 10.6. The summed E-state index contributed by atoms with van der Waals surface area (Å²) in [6.07, 6.45) is 2.29. The van der Waals surface area contributed by atoms with E-state index >= 15 is 0 Å². The quantitative estimate of drug-likeness (QED) is 0.390. The van der Waals surface area contributed by atoms with Gasteiger partial charge in [0.2, 0.25) is 0 Å². The number of benzene rings is 3. The number of nitriles is 1. The first-order chi connectivity index (χ1) is 18.6. The fraction of sp³-hybridized carbons (Fsp3) is 0.207. The fourth-order valence-corrected chi connectivity index (χ4v) is 7.05. The van der Waals surface area contributed by atoms with Gasteiger partial charge in [0, 0.05) is 25.0 Å². The summed E-state index contributed by atoms with van der Waals surface area (Å²) in [6, 6.07) is 25.8. The van der Waals surface area contributed by atoms with Crippen molar-refractivity contribution < 1.29 is 4.79 Å². The molecule has 0 bridgehead atoms. The van der Waals surface area contributed by atoms with Gasteiger partial charge in [0.25, 0.3) is 5.91 Å². The third kappa shape index (κ3) is 4.78. The Hall–Kier alpha value is -3.71. The highest BCUT2D eigenvalue weighted by Crippen LogP contribution is 2.50. The van der Waals surface area contributed by atoms with Gasteiger partial charge in [-0.3, -0.25) is 9.69 Å². The third-order valence-corrected chi connectivity index (χ3v) is 9.14. The highest BCUT2D eigenvalue weighted by molar-refractivity contribution is 8.19. The van der Waals surface area contributed by atoms with E-state index in [1.54, 1.807) is 28.8 Å². The summed E-state index contributed by atoms with van der Waals surface area (Å²) >= 11 is 3.01. The number of rotatable bonds is 5. The van der Waals surface area contributed by atoms with E-state index in [9.17, 15) is 10.1 Å². The number of fused-ring (bicyclic) bond motifs is 1. The van der Waals surface area contributed by atoms with Crippen molar-refractivity contribution in [3.8, 4) is 6.07 Å². The Balaban J connectivity index is 1.41. The van der Waals surface area contributed by atoms with Gasteiger partial charge in [-0.2, -0.15) is 5.26 Å². The molecule has 3 aliphatic rings. The normalized spacial score (nSPS) is 20.3. The first kappa shape index (κ1) is 24.6. The van der Waals surface area contributed by atoms with Gasteiger partial charge in [0.05, 0.1) is 40.3 Å². The van der Waals surface area contributed by atoms with Crippen LogP contribution >= 0.6 is 23.5 Å². The molecule has 0 aliphatic carbocycles. The van der Waals surface area contributed by atoms with Crippen molar-refractivity contribution in [1.82, 2.24) is 9.91 Å². The summed E-state index contributed by atoms with van der Waals surface area (Å²) in [5, 5.41) is 13.3. The van der Waals surface area contributed by atoms with E-state index in [4.69, 9.17) is 4.99 Å². The van der Waals surface area contributed by atoms with Crippen LogP contribution in [0.2, 0.25) is 0 Å². The zero-order chi connectivity index (χ0) is 26.1. The number of nitrogens with zero attached hydrogens (tertiary/aromatic N) is 5. The summed E-state index contributed by atoms with van der Waals surface area (Å²) in [5.74, 6) is -0.0646. The number of carbonyl (C=O) groups is 1. The Morgan fingerprint density at radius 3 is 2.53 bits per heavy atom. The summed E-state index contributed by atoms with van der Waals surface area (Å²) in [7, 11) is 2.00. The molecule has 0 saturated carbocycles. The van der Waals surface area contributed by atoms with Crippen LogP contribution in [0.1, 0.15) is 24.0 Å². The summed E-state index contributed by atoms with van der Waals surface area (Å²) in [4.78, 5) is 24.6. The van der Waals surface area contributed by atoms with E-state index in [-0.39, 0.29) is 5.91 Å². The van der Waals surface area contributed by atoms with Gasteiger partial charge >= 0.3 is 0 Å². The van der Waals surface area contributed by atoms with Crippen LogP contribution in [0.25, 0.3) is 0 Å². The molecule has 2 saturated heterocycles. The van der Waals surface area contributed by atoms with Crippen molar-refractivity contribution in [3.63, 3.8) is 0 Å². The van der Waals surface area contributed by atoms with Crippen molar-refractivity contribution in [1.29, 1.82) is 5.26 Å². The second-order valence-corrected chi connectivity index (χ2v) is 11.3. The van der Waals surface area contributed by atoms with Crippen LogP contribution in [0.3, 0.4) is 0 Å². The number of amides is 1. The minimum Gasteiger partial charge on any atom is -0.337 e. The second-order valence-electron chi connectivity index (χ2n) is 9.29. The predicted octanol–water partition coefficient (Wildman–Crippen LogP) is 6.16. The number of nitrogens with one attached hydrogen (secondary N) is 1. The molecule has 3 aromatic carbocycles. The minimum atomic E-state index is -0.0646. The molecule has 1 amide bonds. The molecule has 2 fully saturated rings. The zero-order valence-electron chi connectivity index (χ0n) is 20.9. The molecule has 38 heavy (non-hydrogen) atoms. The van der Waals surface area contributed by atoms with Gasteiger partial charge in [-0.25, -0.2) is 10.0 Å². The smallest absolute Gasteiger partial charge is 0.269 e. The highest BCUT2D eigenvalue weighted by atomic mass is 32.2. The van der Waals surface area contributed by atoms with E-state index in [1.165, 1.54) is 11.8 Å². The number of thioether (sulfide) groups is 2. The molecule has 0 atom stereocenters. The summed E-state index contributed by atoms with van der Waals surface area (Å²) in [5.41, 5.74) is 7.59. The predicted molar refractivity (Wildman–Crippen MR) is 155 cm³/mol. The van der Waals surface area contributed by atoms with Crippen LogP contribution in [0.4, 0.5) is 17.1 Å². The molecule has 7 nitrogen and oxygen atoms in total. The number of para-hydroxylation sites is 1. The number of hydrogen-bond donors (Lipinski definition) is 1. The Morgan fingerprint density at radius 2 is 1.76 bits per heavy atom. The maximum Gasteiger partial charge on any atom is 0.269 e. The van der Waals surface area contributed by atoms with Gasteiger partial charge in [0.15, 0.2) is 5.17 Å².